The van der Waals surface area contributed by atoms with E-state index in [4.69, 9.17) is 15.0 Å². The van der Waals surface area contributed by atoms with Crippen molar-refractivity contribution in [2.75, 3.05) is 6.44 Å². The lowest BCUT2D eigenvalue weighted by Crippen LogP contribution is -2.34. The summed E-state index contributed by atoms with van der Waals surface area (Å²) in [6, 6.07) is 4.03. The number of hydrogen-bond acceptors (Lipinski definition) is 3. The fraction of sp³-hybridized carbons (Fsp3) is 0.250. The van der Waals surface area contributed by atoms with E-state index in [9.17, 15) is 0 Å². The first-order valence-electron chi connectivity index (χ1n) is 4.06. The van der Waals surface area contributed by atoms with Gasteiger partial charge in [0.15, 0.2) is 0 Å². The molecule has 1 aliphatic carbocycles. The van der Waals surface area contributed by atoms with Gasteiger partial charge in [-0.15, -0.1) is 0 Å². The molecule has 3 nitrogen and oxygen atoms in total. The van der Waals surface area contributed by atoms with Gasteiger partial charge in [0.2, 0.25) is 0 Å². The molecular weight excluding hydrogens is 153 g/mol. The Bertz CT molecular complexity index is 353. The van der Waals surface area contributed by atoms with Crippen LogP contribution in [0, 0.1) is 0 Å². The van der Waals surface area contributed by atoms with Crippen LogP contribution in [0.1, 0.15) is 11.1 Å². The first kappa shape index (κ1) is 6.37. The molecule has 0 saturated heterocycles. The molecule has 0 bridgehead atoms. The summed E-state index contributed by atoms with van der Waals surface area (Å²) in [5.74, 6) is 1.77. The van der Waals surface area contributed by atoms with Crippen LogP contribution in [0.4, 0.5) is 0 Å². The Balaban J connectivity index is 2.04. The fourth-order valence-corrected chi connectivity index (χ4v) is 1.55. The molecule has 60 valence electrons. The van der Waals surface area contributed by atoms with E-state index in [1.165, 1.54) is 11.1 Å². The molecule has 2 aliphatic rings. The Kier molecular flexibility index (Phi) is 1.04. The Morgan fingerprint density at radius 3 is 3.17 bits per heavy atom. The summed E-state index contributed by atoms with van der Waals surface area (Å²) in [5.41, 5.74) is 8.10. The van der Waals surface area contributed by atoms with Gasteiger partial charge in [0, 0.05) is 12.0 Å². The van der Waals surface area contributed by atoms with Gasteiger partial charge in [-0.25, -0.2) is 0 Å². The zero-order valence-electron chi connectivity index (χ0n) is 6.54. The minimum atomic E-state index is -0.271. The van der Waals surface area contributed by atoms with Crippen molar-refractivity contribution in [3.63, 3.8) is 0 Å². The second-order valence-electron chi connectivity index (χ2n) is 3.11. The van der Waals surface area contributed by atoms with Crippen LogP contribution in [0.15, 0.2) is 12.1 Å². The summed E-state index contributed by atoms with van der Waals surface area (Å²) in [6.07, 6.45) is 1.46. The van der Waals surface area contributed by atoms with E-state index < -0.39 is 0 Å². The molecule has 1 aromatic rings. The zero-order valence-corrected chi connectivity index (χ0v) is 6.54. The van der Waals surface area contributed by atoms with Crippen LogP contribution in [0.5, 0.6) is 11.5 Å². The Labute approximate surface area is 70.6 Å². The highest BCUT2D eigenvalue weighted by Gasteiger charge is 2.36. The van der Waals surface area contributed by atoms with Crippen LogP contribution < -0.4 is 15.0 Å². The smallest absolute Gasteiger partial charge is 0.522 e. The van der Waals surface area contributed by atoms with Crippen LogP contribution in [0.2, 0.25) is 0 Å². The van der Waals surface area contributed by atoms with Gasteiger partial charge in [0.25, 0.3) is 0 Å². The molecule has 1 aliphatic heterocycles. The molecule has 0 aromatic heterocycles. The van der Waals surface area contributed by atoms with Gasteiger partial charge in [-0.05, 0) is 11.6 Å². The van der Waals surface area contributed by atoms with Crippen molar-refractivity contribution < 1.29 is 9.31 Å². The lowest BCUT2D eigenvalue weighted by Gasteiger charge is -1.98. The lowest BCUT2D eigenvalue weighted by atomic mass is 9.92. The Morgan fingerprint density at radius 2 is 2.33 bits per heavy atom. The van der Waals surface area contributed by atoms with E-state index in [2.05, 4.69) is 6.07 Å². The second-order valence-corrected chi connectivity index (χ2v) is 3.11. The first-order valence-corrected chi connectivity index (χ1v) is 4.06. The van der Waals surface area contributed by atoms with Gasteiger partial charge in [0.1, 0.15) is 11.5 Å². The van der Waals surface area contributed by atoms with Crippen molar-refractivity contribution in [3.05, 3.63) is 23.3 Å². The Hall–Kier alpha value is -1.16. The largest absolute Gasteiger partial charge is 0.609 e. The van der Waals surface area contributed by atoms with Crippen molar-refractivity contribution >= 4 is 7.12 Å². The number of benzene rings is 1. The highest BCUT2D eigenvalue weighted by atomic mass is 16.6. The molecule has 1 aromatic carbocycles. The normalized spacial score (nSPS) is 16.2. The van der Waals surface area contributed by atoms with Crippen LogP contribution in [-0.2, 0) is 6.42 Å². The van der Waals surface area contributed by atoms with Gasteiger partial charge >= 0.3 is 7.12 Å². The minimum Gasteiger partial charge on any atom is -0.522 e. The van der Waals surface area contributed by atoms with Crippen LogP contribution in [-0.4, -0.2) is 13.6 Å². The maximum absolute atomic E-state index is 5.49. The summed E-state index contributed by atoms with van der Waals surface area (Å²) >= 11 is 0. The third kappa shape index (κ3) is 0.702. The molecule has 4 heteroatoms. The van der Waals surface area contributed by atoms with E-state index in [0.29, 0.717) is 6.44 Å². The quantitative estimate of drug-likeness (QED) is 0.613. The van der Waals surface area contributed by atoms with Crippen LogP contribution in [0.25, 0.3) is 0 Å². The maximum Gasteiger partial charge on any atom is 0.609 e. The molecule has 0 atom stereocenters. The van der Waals surface area contributed by atoms with Crippen LogP contribution in [0.3, 0.4) is 0 Å². The maximum atomic E-state index is 5.49. The molecule has 3 rings (SSSR count). The van der Waals surface area contributed by atoms with E-state index in [1.807, 2.05) is 6.07 Å². The molecule has 2 N–H and O–H groups in total. The average Bonchev–Trinajstić information content (AvgIpc) is 2.77. The molecule has 0 saturated carbocycles. The van der Waals surface area contributed by atoms with Crippen molar-refractivity contribution in [3.8, 4) is 11.5 Å². The van der Waals surface area contributed by atoms with E-state index in [1.54, 1.807) is 0 Å². The molecule has 0 radical (unpaired) electrons. The lowest BCUT2D eigenvalue weighted by molar-refractivity contribution is 0.498. The van der Waals surface area contributed by atoms with Gasteiger partial charge < -0.3 is 15.0 Å². The molecule has 0 fully saturated rings. The monoisotopic (exact) mass is 161 g/mol. The van der Waals surface area contributed by atoms with Crippen molar-refractivity contribution in [2.24, 2.45) is 5.73 Å². The first-order chi connectivity index (χ1) is 5.88. The second kappa shape index (κ2) is 1.96. The highest BCUT2D eigenvalue weighted by Crippen LogP contribution is 2.46. The molecule has 0 spiro atoms. The predicted molar refractivity (Wildman–Crippen MR) is 45.3 cm³/mol. The Morgan fingerprint density at radius 1 is 1.42 bits per heavy atom. The average molecular weight is 161 g/mol. The topological polar surface area (TPSA) is 44.5 Å². The summed E-state index contributed by atoms with van der Waals surface area (Å²) < 4.78 is 10.9. The minimum absolute atomic E-state index is 0.271. The number of hydrogen-bond donors (Lipinski definition) is 1. The van der Waals surface area contributed by atoms with Gasteiger partial charge in [-0.2, -0.15) is 0 Å². The number of nitrogens with two attached hydrogens (primary N) is 1. The molecule has 1 heterocycles. The van der Waals surface area contributed by atoms with E-state index in [0.717, 1.165) is 17.9 Å². The van der Waals surface area contributed by atoms with E-state index in [-0.39, 0.29) is 7.12 Å². The number of fused-ring (bicyclic) bond motifs is 3. The fourth-order valence-electron chi connectivity index (χ4n) is 1.55. The standard InChI is InChI=1S/C8H8BNO2/c10-4-9-11-7-2-1-5-3-6(5)8(7)12-9/h1-2H,3-4,10H2. The SMILES string of the molecule is NCB1Oc2ccc3c(c2O1)C3. The summed E-state index contributed by atoms with van der Waals surface area (Å²) in [6.45, 7) is 0. The van der Waals surface area contributed by atoms with Gasteiger partial charge in [0.05, 0.1) is 6.44 Å². The van der Waals surface area contributed by atoms with E-state index >= 15 is 0 Å². The predicted octanol–water partition coefficient (Wildman–Crippen LogP) is 0.348. The zero-order chi connectivity index (χ0) is 8.13. The molecular formula is C8H8BNO2. The third-order valence-corrected chi connectivity index (χ3v) is 2.26. The van der Waals surface area contributed by atoms with Crippen molar-refractivity contribution in [1.29, 1.82) is 0 Å². The highest BCUT2D eigenvalue weighted by molar-refractivity contribution is 6.47. The molecule has 0 unspecified atom stereocenters. The molecule has 0 amide bonds. The number of rotatable bonds is 1. The van der Waals surface area contributed by atoms with Gasteiger partial charge in [-0.3, -0.25) is 0 Å². The van der Waals surface area contributed by atoms with Crippen molar-refractivity contribution in [2.45, 2.75) is 6.42 Å². The summed E-state index contributed by atoms with van der Waals surface area (Å²) in [5, 5.41) is 0. The summed E-state index contributed by atoms with van der Waals surface area (Å²) in [4.78, 5) is 0. The van der Waals surface area contributed by atoms with Gasteiger partial charge in [-0.1, -0.05) is 6.07 Å². The third-order valence-electron chi connectivity index (χ3n) is 2.26. The van der Waals surface area contributed by atoms with Crippen LogP contribution >= 0.6 is 0 Å². The van der Waals surface area contributed by atoms with Crippen molar-refractivity contribution in [1.82, 2.24) is 0 Å². The molecule has 12 heavy (non-hydrogen) atoms. The summed E-state index contributed by atoms with van der Waals surface area (Å²) in [7, 11) is -0.271.